The molecule has 2 aromatic carbocycles. The first-order chi connectivity index (χ1) is 15.0. The number of amides is 1. The van der Waals surface area contributed by atoms with Crippen LogP contribution in [-0.2, 0) is 11.3 Å². The summed E-state index contributed by atoms with van der Waals surface area (Å²) >= 11 is 4.31. The highest BCUT2D eigenvalue weighted by atomic mass is 79.9. The molecule has 0 saturated heterocycles. The zero-order valence-electron chi connectivity index (χ0n) is 16.1. The maximum atomic E-state index is 14.0. The van der Waals surface area contributed by atoms with E-state index >= 15 is 0 Å². The molecule has 0 fully saturated rings. The SMILES string of the molecule is O=C(CSc1nc2ccccc2c(=O)n1Cc1ccncc1)Nc1ccc(Br)cc1F. The first-order valence-electron chi connectivity index (χ1n) is 9.27. The maximum Gasteiger partial charge on any atom is 0.262 e. The molecule has 2 heterocycles. The number of nitrogens with zero attached hydrogens (tertiary/aromatic N) is 3. The van der Waals surface area contributed by atoms with Gasteiger partial charge in [-0.05, 0) is 48.0 Å². The first-order valence-corrected chi connectivity index (χ1v) is 11.1. The van der Waals surface area contributed by atoms with Gasteiger partial charge in [-0.2, -0.15) is 0 Å². The van der Waals surface area contributed by atoms with Crippen molar-refractivity contribution in [2.24, 2.45) is 0 Å². The third-order valence-electron chi connectivity index (χ3n) is 4.45. The number of carbonyl (C=O) groups excluding carboxylic acids is 1. The fraction of sp³-hybridized carbons (Fsp3) is 0.0909. The minimum atomic E-state index is -0.536. The molecular weight excluding hydrogens is 483 g/mol. The highest BCUT2D eigenvalue weighted by molar-refractivity contribution is 9.10. The Morgan fingerprint density at radius 2 is 1.90 bits per heavy atom. The van der Waals surface area contributed by atoms with Gasteiger partial charge in [0.1, 0.15) is 5.82 Å². The van der Waals surface area contributed by atoms with Gasteiger partial charge in [0.2, 0.25) is 5.91 Å². The van der Waals surface area contributed by atoms with Crippen LogP contribution in [0.25, 0.3) is 10.9 Å². The molecule has 4 aromatic rings. The molecule has 0 atom stereocenters. The summed E-state index contributed by atoms with van der Waals surface area (Å²) in [5, 5.41) is 3.46. The number of benzene rings is 2. The van der Waals surface area contributed by atoms with Crippen molar-refractivity contribution in [3.8, 4) is 0 Å². The Kier molecular flexibility index (Phi) is 6.43. The Balaban J connectivity index is 1.60. The standard InChI is InChI=1S/C22H16BrFN4O2S/c23-15-5-6-19(17(24)11-15)26-20(29)13-31-22-27-18-4-2-1-3-16(18)21(30)28(22)12-14-7-9-25-10-8-14/h1-11H,12-13H2,(H,26,29). The fourth-order valence-electron chi connectivity index (χ4n) is 2.98. The second-order valence-corrected chi connectivity index (χ2v) is 8.48. The summed E-state index contributed by atoms with van der Waals surface area (Å²) in [5.74, 6) is -0.966. The minimum Gasteiger partial charge on any atom is -0.323 e. The molecule has 0 radical (unpaired) electrons. The lowest BCUT2D eigenvalue weighted by Gasteiger charge is -2.13. The minimum absolute atomic E-state index is 0.0311. The summed E-state index contributed by atoms with van der Waals surface area (Å²) in [6, 6.07) is 15.1. The van der Waals surface area contributed by atoms with E-state index in [2.05, 4.69) is 31.2 Å². The van der Waals surface area contributed by atoms with Gasteiger partial charge in [-0.25, -0.2) is 9.37 Å². The van der Waals surface area contributed by atoms with E-state index in [1.165, 1.54) is 16.7 Å². The van der Waals surface area contributed by atoms with Crippen LogP contribution in [0.5, 0.6) is 0 Å². The molecule has 2 aromatic heterocycles. The molecule has 0 aliphatic carbocycles. The summed E-state index contributed by atoms with van der Waals surface area (Å²) in [6.07, 6.45) is 3.31. The Bertz CT molecular complexity index is 1310. The van der Waals surface area contributed by atoms with Crippen LogP contribution in [0.3, 0.4) is 0 Å². The zero-order valence-corrected chi connectivity index (χ0v) is 18.5. The van der Waals surface area contributed by atoms with Crippen molar-refractivity contribution in [2.45, 2.75) is 11.7 Å². The summed E-state index contributed by atoms with van der Waals surface area (Å²) < 4.78 is 16.1. The number of nitrogens with one attached hydrogen (secondary N) is 1. The quantitative estimate of drug-likeness (QED) is 0.313. The molecule has 0 unspecified atom stereocenters. The second kappa shape index (κ2) is 9.40. The molecule has 0 bridgehead atoms. The normalized spacial score (nSPS) is 10.9. The number of pyridine rings is 1. The summed E-state index contributed by atoms with van der Waals surface area (Å²) in [5.41, 5.74) is 1.34. The third-order valence-corrected chi connectivity index (χ3v) is 5.92. The van der Waals surface area contributed by atoms with E-state index in [0.717, 1.165) is 17.3 Å². The van der Waals surface area contributed by atoms with E-state index in [1.54, 1.807) is 42.7 Å². The number of anilines is 1. The van der Waals surface area contributed by atoms with Crippen molar-refractivity contribution >= 4 is 50.2 Å². The van der Waals surface area contributed by atoms with E-state index in [1.807, 2.05) is 12.1 Å². The van der Waals surface area contributed by atoms with Crippen molar-refractivity contribution in [1.82, 2.24) is 14.5 Å². The van der Waals surface area contributed by atoms with Gasteiger partial charge in [-0.15, -0.1) is 0 Å². The van der Waals surface area contributed by atoms with Crippen molar-refractivity contribution in [2.75, 3.05) is 11.1 Å². The predicted molar refractivity (Wildman–Crippen MR) is 123 cm³/mol. The van der Waals surface area contributed by atoms with Crippen LogP contribution in [0.2, 0.25) is 0 Å². The number of fused-ring (bicyclic) bond motifs is 1. The Labute approximate surface area is 189 Å². The Morgan fingerprint density at radius 3 is 2.68 bits per heavy atom. The third kappa shape index (κ3) is 5.00. The first kappa shape index (κ1) is 21.2. The zero-order chi connectivity index (χ0) is 21.8. The average molecular weight is 499 g/mol. The Morgan fingerprint density at radius 1 is 1.13 bits per heavy atom. The number of thioether (sulfide) groups is 1. The number of carbonyl (C=O) groups is 1. The van der Waals surface area contributed by atoms with Gasteiger partial charge in [-0.1, -0.05) is 39.8 Å². The summed E-state index contributed by atoms with van der Waals surface area (Å²) in [4.78, 5) is 34.1. The molecule has 1 amide bonds. The molecule has 156 valence electrons. The van der Waals surface area contributed by atoms with Crippen molar-refractivity contribution < 1.29 is 9.18 Å². The van der Waals surface area contributed by atoms with Crippen LogP contribution in [0.4, 0.5) is 10.1 Å². The van der Waals surface area contributed by atoms with Crippen LogP contribution in [0, 0.1) is 5.82 Å². The fourth-order valence-corrected chi connectivity index (χ4v) is 4.11. The lowest BCUT2D eigenvalue weighted by Crippen LogP contribution is -2.25. The number of para-hydroxylation sites is 1. The largest absolute Gasteiger partial charge is 0.323 e. The molecule has 0 aliphatic rings. The van der Waals surface area contributed by atoms with E-state index in [4.69, 9.17) is 0 Å². The number of aromatic nitrogens is 3. The summed E-state index contributed by atoms with van der Waals surface area (Å²) in [6.45, 7) is 0.296. The van der Waals surface area contributed by atoms with Gasteiger partial charge < -0.3 is 5.32 Å². The number of rotatable bonds is 6. The molecule has 0 saturated carbocycles. The van der Waals surface area contributed by atoms with Crippen molar-refractivity contribution in [1.29, 1.82) is 0 Å². The highest BCUT2D eigenvalue weighted by Gasteiger charge is 2.15. The van der Waals surface area contributed by atoms with Gasteiger partial charge in [-0.3, -0.25) is 19.1 Å². The van der Waals surface area contributed by atoms with Gasteiger partial charge in [0.05, 0.1) is 28.9 Å². The lowest BCUT2D eigenvalue weighted by molar-refractivity contribution is -0.113. The number of hydrogen-bond donors (Lipinski definition) is 1. The highest BCUT2D eigenvalue weighted by Crippen LogP contribution is 2.22. The van der Waals surface area contributed by atoms with Gasteiger partial charge >= 0.3 is 0 Å². The van der Waals surface area contributed by atoms with E-state index in [0.29, 0.717) is 27.1 Å². The lowest BCUT2D eigenvalue weighted by atomic mass is 10.2. The molecular formula is C22H16BrFN4O2S. The van der Waals surface area contributed by atoms with Crippen molar-refractivity contribution in [3.63, 3.8) is 0 Å². The average Bonchev–Trinajstić information content (AvgIpc) is 2.77. The van der Waals surface area contributed by atoms with Gasteiger partial charge in [0.15, 0.2) is 5.16 Å². The molecule has 9 heteroatoms. The van der Waals surface area contributed by atoms with Crippen LogP contribution in [0.15, 0.2) is 81.4 Å². The number of hydrogen-bond acceptors (Lipinski definition) is 5. The smallest absolute Gasteiger partial charge is 0.262 e. The number of halogens is 2. The summed E-state index contributed by atoms with van der Waals surface area (Å²) in [7, 11) is 0. The van der Waals surface area contributed by atoms with E-state index in [9.17, 15) is 14.0 Å². The second-order valence-electron chi connectivity index (χ2n) is 6.62. The monoisotopic (exact) mass is 498 g/mol. The van der Waals surface area contributed by atoms with E-state index in [-0.39, 0.29) is 17.0 Å². The predicted octanol–water partition coefficient (Wildman–Crippen LogP) is 4.47. The van der Waals surface area contributed by atoms with Gasteiger partial charge in [0.25, 0.3) is 5.56 Å². The van der Waals surface area contributed by atoms with Crippen molar-refractivity contribution in [3.05, 3.63) is 93.2 Å². The molecule has 1 N–H and O–H groups in total. The molecule has 4 rings (SSSR count). The van der Waals surface area contributed by atoms with Crippen LogP contribution in [-0.4, -0.2) is 26.2 Å². The topological polar surface area (TPSA) is 76.9 Å². The van der Waals surface area contributed by atoms with Crippen LogP contribution < -0.4 is 10.9 Å². The molecule has 0 spiro atoms. The van der Waals surface area contributed by atoms with E-state index < -0.39 is 11.7 Å². The van der Waals surface area contributed by atoms with Gasteiger partial charge in [0, 0.05) is 16.9 Å². The Hall–Kier alpha value is -3.04. The molecule has 31 heavy (non-hydrogen) atoms. The van der Waals surface area contributed by atoms with Crippen LogP contribution >= 0.6 is 27.7 Å². The molecule has 6 nitrogen and oxygen atoms in total. The molecule has 0 aliphatic heterocycles. The van der Waals surface area contributed by atoms with Crippen LogP contribution in [0.1, 0.15) is 5.56 Å². The maximum absolute atomic E-state index is 14.0.